The molecule has 0 aliphatic rings. The number of aryl methyl sites for hydroxylation is 2. The summed E-state index contributed by atoms with van der Waals surface area (Å²) in [6, 6.07) is 11.6. The molecule has 0 bridgehead atoms. The molecule has 0 radical (unpaired) electrons. The molecule has 0 unspecified atom stereocenters. The van der Waals surface area contributed by atoms with Crippen molar-refractivity contribution in [2.45, 2.75) is 13.5 Å². The smallest absolute Gasteiger partial charge is 0.161 e. The van der Waals surface area contributed by atoms with E-state index in [0.717, 1.165) is 16.9 Å². The van der Waals surface area contributed by atoms with Crippen molar-refractivity contribution in [2.75, 3.05) is 5.32 Å². The van der Waals surface area contributed by atoms with Crippen molar-refractivity contribution in [2.24, 2.45) is 7.05 Å². The molecule has 22 heavy (non-hydrogen) atoms. The Hall–Kier alpha value is -2.58. The molecule has 1 aromatic carbocycles. The van der Waals surface area contributed by atoms with Crippen LogP contribution in [-0.2, 0) is 13.6 Å². The van der Waals surface area contributed by atoms with Crippen LogP contribution in [0.1, 0.15) is 17.1 Å². The first-order valence-corrected chi connectivity index (χ1v) is 7.19. The summed E-state index contributed by atoms with van der Waals surface area (Å²) in [5, 5.41) is 12.5. The maximum Gasteiger partial charge on any atom is 0.161 e. The minimum atomic E-state index is 0.215. The van der Waals surface area contributed by atoms with Gasteiger partial charge >= 0.3 is 0 Å². The average Bonchev–Trinajstić information content (AvgIpc) is 2.82. The highest BCUT2D eigenvalue weighted by Crippen LogP contribution is 2.19. The third kappa shape index (κ3) is 2.61. The summed E-state index contributed by atoms with van der Waals surface area (Å²) in [4.78, 5) is 8.79. The van der Waals surface area contributed by atoms with Crippen molar-refractivity contribution in [1.82, 2.24) is 14.5 Å². The Labute approximate surface area is 133 Å². The Morgan fingerprint density at radius 1 is 1.27 bits per heavy atom. The van der Waals surface area contributed by atoms with Gasteiger partial charge in [0.2, 0.25) is 0 Å². The van der Waals surface area contributed by atoms with E-state index in [1.165, 1.54) is 5.56 Å². The number of nitrogens with zero attached hydrogens (tertiary/aromatic N) is 4. The minimum Gasteiger partial charge on any atom is -0.363 e. The van der Waals surface area contributed by atoms with E-state index in [1.54, 1.807) is 12.1 Å². The second-order valence-corrected chi connectivity index (χ2v) is 5.48. The number of nitrogens with one attached hydrogen (secondary N) is 1. The lowest BCUT2D eigenvalue weighted by molar-refractivity contribution is 0.832. The Balaban J connectivity index is 1.85. The zero-order valence-electron chi connectivity index (χ0n) is 12.3. The Kier molecular flexibility index (Phi) is 3.70. The first-order chi connectivity index (χ1) is 10.6. The third-order valence-corrected chi connectivity index (χ3v) is 3.81. The number of hydrogen-bond donors (Lipinski definition) is 1. The van der Waals surface area contributed by atoms with E-state index in [9.17, 15) is 0 Å². The first-order valence-electron chi connectivity index (χ1n) is 6.81. The number of rotatable bonds is 3. The normalized spacial score (nSPS) is 10.6. The minimum absolute atomic E-state index is 0.215. The number of fused-ring (bicyclic) bond motifs is 1. The molecule has 3 aromatic rings. The topological polar surface area (TPSA) is 66.5 Å². The molecule has 0 aliphatic carbocycles. The Morgan fingerprint density at radius 2 is 2.09 bits per heavy atom. The van der Waals surface area contributed by atoms with Gasteiger partial charge in [0.05, 0.1) is 22.6 Å². The molecule has 0 amide bonds. The molecular formula is C16H14ClN5. The summed E-state index contributed by atoms with van der Waals surface area (Å²) < 4.78 is 2.04. The number of nitriles is 1. The molecular weight excluding hydrogens is 298 g/mol. The van der Waals surface area contributed by atoms with Crippen molar-refractivity contribution in [3.8, 4) is 6.07 Å². The molecule has 6 heteroatoms. The van der Waals surface area contributed by atoms with Gasteiger partial charge in [0.1, 0.15) is 17.7 Å². The van der Waals surface area contributed by atoms with E-state index in [2.05, 4.69) is 33.5 Å². The number of hydrogen-bond acceptors (Lipinski definition) is 4. The molecule has 0 spiro atoms. The molecule has 0 atom stereocenters. The van der Waals surface area contributed by atoms with Crippen molar-refractivity contribution < 1.29 is 0 Å². The van der Waals surface area contributed by atoms with Crippen LogP contribution in [-0.4, -0.2) is 14.5 Å². The predicted octanol–water partition coefficient (Wildman–Crippen LogP) is 3.41. The standard InChI is InChI=1S/C16H14ClN5/c1-10-3-5-14-12(7-10)21-16(22(14)2)9-19-15-6-4-11(17)13(8-18)20-15/h3-7H,9H2,1-2H3,(H,19,20). The fraction of sp³-hybridized carbons (Fsp3) is 0.188. The van der Waals surface area contributed by atoms with Gasteiger partial charge in [-0.15, -0.1) is 0 Å². The lowest BCUT2D eigenvalue weighted by Crippen LogP contribution is -2.07. The molecule has 2 heterocycles. The van der Waals surface area contributed by atoms with Crippen molar-refractivity contribution in [3.63, 3.8) is 0 Å². The fourth-order valence-corrected chi connectivity index (χ4v) is 2.45. The summed E-state index contributed by atoms with van der Waals surface area (Å²) in [5.74, 6) is 1.50. The van der Waals surface area contributed by atoms with E-state index in [0.29, 0.717) is 17.4 Å². The second kappa shape index (κ2) is 5.66. The number of aromatic nitrogens is 3. The SMILES string of the molecule is Cc1ccc2c(c1)nc(CNc1ccc(Cl)c(C#N)n1)n2C. The van der Waals surface area contributed by atoms with Crippen LogP contribution in [0.3, 0.4) is 0 Å². The fourth-order valence-electron chi connectivity index (χ4n) is 2.31. The average molecular weight is 312 g/mol. The van der Waals surface area contributed by atoms with E-state index in [4.69, 9.17) is 16.9 Å². The summed E-state index contributed by atoms with van der Waals surface area (Å²) >= 11 is 5.88. The van der Waals surface area contributed by atoms with Gasteiger partial charge in [0, 0.05) is 7.05 Å². The maximum atomic E-state index is 8.95. The number of benzene rings is 1. The maximum absolute atomic E-state index is 8.95. The number of pyridine rings is 1. The lowest BCUT2D eigenvalue weighted by Gasteiger charge is -2.06. The zero-order valence-corrected chi connectivity index (χ0v) is 13.0. The molecule has 0 fully saturated rings. The molecule has 3 rings (SSSR count). The van der Waals surface area contributed by atoms with Gasteiger partial charge in [0.25, 0.3) is 0 Å². The molecule has 0 saturated heterocycles. The first kappa shape index (κ1) is 14.4. The van der Waals surface area contributed by atoms with Crippen LogP contribution in [0.15, 0.2) is 30.3 Å². The molecule has 2 aromatic heterocycles. The number of anilines is 1. The summed E-state index contributed by atoms with van der Waals surface area (Å²) in [6.07, 6.45) is 0. The van der Waals surface area contributed by atoms with Gasteiger partial charge in [-0.2, -0.15) is 5.26 Å². The summed E-state index contributed by atoms with van der Waals surface area (Å²) in [5.41, 5.74) is 3.46. The second-order valence-electron chi connectivity index (χ2n) is 5.07. The molecule has 1 N–H and O–H groups in total. The van der Waals surface area contributed by atoms with Crippen LogP contribution in [0.25, 0.3) is 11.0 Å². The van der Waals surface area contributed by atoms with Crippen molar-refractivity contribution in [1.29, 1.82) is 5.26 Å². The van der Waals surface area contributed by atoms with Crippen LogP contribution >= 0.6 is 11.6 Å². The van der Waals surface area contributed by atoms with Crippen LogP contribution in [0.2, 0.25) is 5.02 Å². The van der Waals surface area contributed by atoms with Crippen molar-refractivity contribution >= 4 is 28.5 Å². The van der Waals surface area contributed by atoms with E-state index < -0.39 is 0 Å². The van der Waals surface area contributed by atoms with Crippen molar-refractivity contribution in [3.05, 3.63) is 52.4 Å². The van der Waals surface area contributed by atoms with Gasteiger partial charge in [0.15, 0.2) is 5.69 Å². The Bertz CT molecular complexity index is 891. The molecule has 0 aliphatic heterocycles. The highest BCUT2D eigenvalue weighted by molar-refractivity contribution is 6.31. The quantitative estimate of drug-likeness (QED) is 0.805. The Morgan fingerprint density at radius 3 is 2.86 bits per heavy atom. The highest BCUT2D eigenvalue weighted by atomic mass is 35.5. The number of imidazole rings is 1. The molecule has 0 saturated carbocycles. The van der Waals surface area contributed by atoms with Crippen LogP contribution in [0.4, 0.5) is 5.82 Å². The van der Waals surface area contributed by atoms with Crippen LogP contribution < -0.4 is 5.32 Å². The summed E-state index contributed by atoms with van der Waals surface area (Å²) in [6.45, 7) is 2.57. The zero-order chi connectivity index (χ0) is 15.7. The van der Waals surface area contributed by atoms with Gasteiger partial charge in [-0.25, -0.2) is 9.97 Å². The lowest BCUT2D eigenvalue weighted by atomic mass is 10.2. The van der Waals surface area contributed by atoms with Gasteiger partial charge in [-0.3, -0.25) is 0 Å². The monoisotopic (exact) mass is 311 g/mol. The molecule has 110 valence electrons. The van der Waals surface area contributed by atoms with Crippen LogP contribution in [0, 0.1) is 18.3 Å². The summed E-state index contributed by atoms with van der Waals surface area (Å²) in [7, 11) is 1.98. The van der Waals surface area contributed by atoms with E-state index >= 15 is 0 Å². The van der Waals surface area contributed by atoms with Gasteiger partial charge in [-0.1, -0.05) is 17.7 Å². The largest absolute Gasteiger partial charge is 0.363 e. The van der Waals surface area contributed by atoms with Crippen LogP contribution in [0.5, 0.6) is 0 Å². The van der Waals surface area contributed by atoms with E-state index in [1.807, 2.05) is 24.6 Å². The molecule has 5 nitrogen and oxygen atoms in total. The van der Waals surface area contributed by atoms with Gasteiger partial charge in [-0.05, 0) is 36.8 Å². The van der Waals surface area contributed by atoms with Gasteiger partial charge < -0.3 is 9.88 Å². The predicted molar refractivity (Wildman–Crippen MR) is 86.7 cm³/mol. The number of halogens is 1. The highest BCUT2D eigenvalue weighted by Gasteiger charge is 2.08. The third-order valence-electron chi connectivity index (χ3n) is 3.51. The van der Waals surface area contributed by atoms with E-state index in [-0.39, 0.29) is 5.69 Å².